The number of carbonyl (C=O) groups excluding carboxylic acids is 2. The number of hydrogen-bond donors (Lipinski definition) is 1. The number of fused-ring (bicyclic) bond motifs is 1. The Balaban J connectivity index is 1.56. The number of hydrogen-bond acceptors (Lipinski definition) is 5. The number of nitrogens with zero attached hydrogens (tertiary/aromatic N) is 2. The highest BCUT2D eigenvalue weighted by molar-refractivity contribution is 6.04. The standard InChI is InChI=1S/C22H18FN3O3/c1-29-17-4-2-3-14(9-17)21(28)26-22-24-12-18-19(25-22)10-15(11-20(18)27)13-5-7-16(23)8-6-13/h2-9,12,15H,10-11H2,1H3,(H,24,25,26,28). The largest absolute Gasteiger partial charge is 0.497 e. The molecule has 4 rings (SSSR count). The molecule has 146 valence electrons. The van der Waals surface area contributed by atoms with Crippen LogP contribution in [0.3, 0.4) is 0 Å². The molecule has 7 heteroatoms. The molecule has 1 aliphatic carbocycles. The molecule has 3 aromatic rings. The van der Waals surface area contributed by atoms with E-state index in [0.29, 0.717) is 35.4 Å². The van der Waals surface area contributed by atoms with Crippen LogP contribution in [0, 0.1) is 5.82 Å². The van der Waals surface area contributed by atoms with Crippen molar-refractivity contribution in [3.05, 3.63) is 82.9 Å². The highest BCUT2D eigenvalue weighted by Gasteiger charge is 2.28. The fourth-order valence-electron chi connectivity index (χ4n) is 3.41. The van der Waals surface area contributed by atoms with Gasteiger partial charge in [0.05, 0.1) is 18.4 Å². The second-order valence-corrected chi connectivity index (χ2v) is 6.82. The summed E-state index contributed by atoms with van der Waals surface area (Å²) >= 11 is 0. The predicted molar refractivity (Wildman–Crippen MR) is 105 cm³/mol. The number of methoxy groups -OCH3 is 1. The number of halogens is 1. The summed E-state index contributed by atoms with van der Waals surface area (Å²) in [6.45, 7) is 0. The van der Waals surface area contributed by atoms with Crippen molar-refractivity contribution in [3.8, 4) is 5.75 Å². The average Bonchev–Trinajstić information content (AvgIpc) is 2.74. The van der Waals surface area contributed by atoms with Gasteiger partial charge in [0.1, 0.15) is 11.6 Å². The summed E-state index contributed by atoms with van der Waals surface area (Å²) in [5.74, 6) is -0.151. The maximum Gasteiger partial charge on any atom is 0.258 e. The van der Waals surface area contributed by atoms with Crippen molar-refractivity contribution in [2.45, 2.75) is 18.8 Å². The number of nitrogens with one attached hydrogen (secondary N) is 1. The lowest BCUT2D eigenvalue weighted by atomic mass is 9.82. The Morgan fingerprint density at radius 1 is 1.17 bits per heavy atom. The zero-order valence-electron chi connectivity index (χ0n) is 15.7. The fraction of sp³-hybridized carbons (Fsp3) is 0.182. The molecular weight excluding hydrogens is 373 g/mol. The number of anilines is 1. The second-order valence-electron chi connectivity index (χ2n) is 6.82. The molecule has 2 aromatic carbocycles. The first-order valence-electron chi connectivity index (χ1n) is 9.13. The number of ketones is 1. The third kappa shape index (κ3) is 3.99. The van der Waals surface area contributed by atoms with Crippen molar-refractivity contribution < 1.29 is 18.7 Å². The van der Waals surface area contributed by atoms with Crippen LogP contribution in [0.5, 0.6) is 5.75 Å². The van der Waals surface area contributed by atoms with E-state index in [4.69, 9.17) is 4.74 Å². The Bertz CT molecular complexity index is 1080. The Hall–Kier alpha value is -3.61. The van der Waals surface area contributed by atoms with Crippen molar-refractivity contribution >= 4 is 17.6 Å². The van der Waals surface area contributed by atoms with E-state index in [1.165, 1.54) is 25.4 Å². The lowest BCUT2D eigenvalue weighted by Crippen LogP contribution is -2.22. The zero-order valence-corrected chi connectivity index (χ0v) is 15.7. The summed E-state index contributed by atoms with van der Waals surface area (Å²) in [5, 5.41) is 2.66. The molecule has 1 aliphatic rings. The molecule has 1 unspecified atom stereocenters. The van der Waals surface area contributed by atoms with Crippen LogP contribution in [-0.2, 0) is 6.42 Å². The first-order valence-corrected chi connectivity index (χ1v) is 9.13. The van der Waals surface area contributed by atoms with Gasteiger partial charge in [-0.2, -0.15) is 0 Å². The highest BCUT2D eigenvalue weighted by Crippen LogP contribution is 2.32. The van der Waals surface area contributed by atoms with Gasteiger partial charge in [-0.05, 0) is 48.2 Å². The Labute approximate surface area is 166 Å². The van der Waals surface area contributed by atoms with E-state index in [1.807, 2.05) is 0 Å². The van der Waals surface area contributed by atoms with E-state index >= 15 is 0 Å². The number of ether oxygens (including phenoxy) is 1. The fourth-order valence-corrected chi connectivity index (χ4v) is 3.41. The lowest BCUT2D eigenvalue weighted by Gasteiger charge is -2.23. The molecule has 0 saturated carbocycles. The number of benzene rings is 2. The van der Waals surface area contributed by atoms with E-state index in [0.717, 1.165) is 5.56 Å². The van der Waals surface area contributed by atoms with Crippen LogP contribution in [0.25, 0.3) is 0 Å². The maximum absolute atomic E-state index is 13.2. The average molecular weight is 391 g/mol. The maximum atomic E-state index is 13.2. The van der Waals surface area contributed by atoms with Gasteiger partial charge in [-0.25, -0.2) is 14.4 Å². The van der Waals surface area contributed by atoms with Gasteiger partial charge < -0.3 is 4.74 Å². The lowest BCUT2D eigenvalue weighted by molar-refractivity contribution is 0.0962. The summed E-state index contributed by atoms with van der Waals surface area (Å²) in [6.07, 6.45) is 2.28. The smallest absolute Gasteiger partial charge is 0.258 e. The SMILES string of the molecule is COc1cccc(C(=O)Nc2ncc3c(n2)CC(c2ccc(F)cc2)CC3=O)c1. The monoisotopic (exact) mass is 391 g/mol. The van der Waals surface area contributed by atoms with Gasteiger partial charge in [0, 0.05) is 18.2 Å². The van der Waals surface area contributed by atoms with E-state index in [-0.39, 0.29) is 29.4 Å². The summed E-state index contributed by atoms with van der Waals surface area (Å²) in [7, 11) is 1.53. The Morgan fingerprint density at radius 3 is 2.72 bits per heavy atom. The minimum atomic E-state index is -0.374. The molecule has 1 N–H and O–H groups in total. The zero-order chi connectivity index (χ0) is 20.4. The second kappa shape index (κ2) is 7.79. The van der Waals surface area contributed by atoms with Crippen LogP contribution < -0.4 is 10.1 Å². The Kier molecular flexibility index (Phi) is 5.03. The van der Waals surface area contributed by atoms with Crippen LogP contribution in [0.15, 0.2) is 54.7 Å². The van der Waals surface area contributed by atoms with Crippen LogP contribution in [0.2, 0.25) is 0 Å². The molecule has 1 heterocycles. The van der Waals surface area contributed by atoms with Gasteiger partial charge in [0.2, 0.25) is 5.95 Å². The molecule has 1 aromatic heterocycles. The van der Waals surface area contributed by atoms with E-state index in [2.05, 4.69) is 15.3 Å². The van der Waals surface area contributed by atoms with E-state index in [1.54, 1.807) is 36.4 Å². The van der Waals surface area contributed by atoms with Gasteiger partial charge in [0.15, 0.2) is 5.78 Å². The highest BCUT2D eigenvalue weighted by atomic mass is 19.1. The molecule has 0 spiro atoms. The van der Waals surface area contributed by atoms with E-state index in [9.17, 15) is 14.0 Å². The summed E-state index contributed by atoms with van der Waals surface area (Å²) in [4.78, 5) is 33.5. The third-order valence-electron chi connectivity index (χ3n) is 4.94. The third-order valence-corrected chi connectivity index (χ3v) is 4.94. The molecule has 1 atom stereocenters. The summed E-state index contributed by atoms with van der Waals surface area (Å²) < 4.78 is 18.3. The van der Waals surface area contributed by atoms with Gasteiger partial charge in [-0.15, -0.1) is 0 Å². The van der Waals surface area contributed by atoms with Crippen molar-refractivity contribution in [3.63, 3.8) is 0 Å². The Morgan fingerprint density at radius 2 is 1.97 bits per heavy atom. The van der Waals surface area contributed by atoms with Gasteiger partial charge in [-0.1, -0.05) is 18.2 Å². The van der Waals surface area contributed by atoms with Gasteiger partial charge in [-0.3, -0.25) is 14.9 Å². The number of carbonyl (C=O) groups is 2. The number of aromatic nitrogens is 2. The summed E-state index contributed by atoms with van der Waals surface area (Å²) in [5.41, 5.74) is 2.33. The predicted octanol–water partition coefficient (Wildman–Crippen LogP) is 3.79. The minimum absolute atomic E-state index is 0.0637. The molecule has 0 radical (unpaired) electrons. The quantitative estimate of drug-likeness (QED) is 0.732. The molecule has 1 amide bonds. The normalized spacial score (nSPS) is 15.5. The van der Waals surface area contributed by atoms with E-state index < -0.39 is 0 Å². The summed E-state index contributed by atoms with van der Waals surface area (Å²) in [6, 6.07) is 12.9. The number of Topliss-reactive ketones (excluding diaryl/α,β-unsaturated/α-hetero) is 1. The first kappa shape index (κ1) is 18.7. The molecular formula is C22H18FN3O3. The van der Waals surface area contributed by atoms with Crippen molar-refractivity contribution in [2.24, 2.45) is 0 Å². The topological polar surface area (TPSA) is 81.2 Å². The van der Waals surface area contributed by atoms with Crippen molar-refractivity contribution in [1.82, 2.24) is 9.97 Å². The van der Waals surface area contributed by atoms with Crippen molar-refractivity contribution in [1.29, 1.82) is 0 Å². The van der Waals surface area contributed by atoms with Crippen LogP contribution in [-0.4, -0.2) is 28.8 Å². The first-order chi connectivity index (χ1) is 14.0. The van der Waals surface area contributed by atoms with Gasteiger partial charge in [0.25, 0.3) is 5.91 Å². The van der Waals surface area contributed by atoms with Crippen LogP contribution in [0.4, 0.5) is 10.3 Å². The number of amides is 1. The molecule has 6 nitrogen and oxygen atoms in total. The van der Waals surface area contributed by atoms with Gasteiger partial charge >= 0.3 is 0 Å². The molecule has 0 aliphatic heterocycles. The molecule has 0 bridgehead atoms. The van der Waals surface area contributed by atoms with Crippen LogP contribution in [0.1, 0.15) is 44.3 Å². The molecule has 0 fully saturated rings. The van der Waals surface area contributed by atoms with Crippen LogP contribution >= 0.6 is 0 Å². The number of rotatable bonds is 4. The molecule has 0 saturated heterocycles. The minimum Gasteiger partial charge on any atom is -0.497 e. The molecule has 29 heavy (non-hydrogen) atoms. The van der Waals surface area contributed by atoms with Crippen molar-refractivity contribution in [2.75, 3.05) is 12.4 Å².